The second kappa shape index (κ2) is 3.81. The summed E-state index contributed by atoms with van der Waals surface area (Å²) in [4.78, 5) is 12.3. The highest BCUT2D eigenvalue weighted by Gasteiger charge is 2.36. The number of aryl methyl sites for hydroxylation is 1. The number of Topliss-reactive ketones (excluding diaryl/α,β-unsaturated/α-hetero) is 1. The van der Waals surface area contributed by atoms with Gasteiger partial charge in [-0.25, -0.2) is 0 Å². The molecule has 2 aromatic rings. The van der Waals surface area contributed by atoms with Crippen molar-refractivity contribution in [3.8, 4) is 0 Å². The Labute approximate surface area is 105 Å². The van der Waals surface area contributed by atoms with E-state index < -0.39 is 0 Å². The standard InChI is InChI=1S/C15H11NO2/c1-10-6-2-3-7-11(10)14-15(17)12-8-4-5-9-13(12)16(14)18/h2-9H,1H3. The fraction of sp³-hybridized carbons (Fsp3) is 0.0667. The Morgan fingerprint density at radius 3 is 2.22 bits per heavy atom. The van der Waals surface area contributed by atoms with Crippen molar-refractivity contribution in [3.05, 3.63) is 70.4 Å². The van der Waals surface area contributed by atoms with Crippen molar-refractivity contribution in [2.75, 3.05) is 0 Å². The van der Waals surface area contributed by atoms with E-state index in [9.17, 15) is 10.0 Å². The van der Waals surface area contributed by atoms with E-state index in [1.165, 1.54) is 0 Å². The third-order valence-corrected chi connectivity index (χ3v) is 3.19. The van der Waals surface area contributed by atoms with E-state index in [0.717, 1.165) is 10.3 Å². The molecule has 0 amide bonds. The van der Waals surface area contributed by atoms with Gasteiger partial charge in [-0.3, -0.25) is 4.79 Å². The van der Waals surface area contributed by atoms with Gasteiger partial charge in [-0.15, -0.1) is 0 Å². The number of fused-ring (bicyclic) bond motifs is 1. The molecule has 3 rings (SSSR count). The highest BCUT2D eigenvalue weighted by Crippen LogP contribution is 2.28. The van der Waals surface area contributed by atoms with Gasteiger partial charge < -0.3 is 5.21 Å². The van der Waals surface area contributed by atoms with Crippen LogP contribution < -0.4 is 0 Å². The molecule has 0 N–H and O–H groups in total. The highest BCUT2D eigenvalue weighted by atomic mass is 16.5. The molecule has 1 heterocycles. The van der Waals surface area contributed by atoms with Crippen LogP contribution in [-0.2, 0) is 0 Å². The molecule has 0 bridgehead atoms. The first kappa shape index (κ1) is 10.7. The van der Waals surface area contributed by atoms with Crippen LogP contribution in [0.1, 0.15) is 21.5 Å². The molecule has 1 aliphatic rings. The smallest absolute Gasteiger partial charge is 0.273 e. The van der Waals surface area contributed by atoms with E-state index >= 15 is 0 Å². The normalized spacial score (nSPS) is 13.9. The van der Waals surface area contributed by atoms with Crippen LogP contribution in [0.2, 0.25) is 0 Å². The van der Waals surface area contributed by atoms with Gasteiger partial charge in [0, 0.05) is 6.07 Å². The predicted octanol–water partition coefficient (Wildman–Crippen LogP) is 2.82. The molecule has 3 nitrogen and oxygen atoms in total. The molecule has 0 atom stereocenters. The van der Waals surface area contributed by atoms with Gasteiger partial charge in [-0.2, -0.15) is 4.74 Å². The molecule has 18 heavy (non-hydrogen) atoms. The largest absolute Gasteiger partial charge is 0.618 e. The minimum atomic E-state index is -0.199. The van der Waals surface area contributed by atoms with Gasteiger partial charge in [0.25, 0.3) is 11.5 Å². The Bertz CT molecular complexity index is 686. The van der Waals surface area contributed by atoms with Gasteiger partial charge in [0.2, 0.25) is 5.69 Å². The van der Waals surface area contributed by atoms with Crippen LogP contribution in [-0.4, -0.2) is 16.2 Å². The lowest BCUT2D eigenvalue weighted by Gasteiger charge is -2.04. The van der Waals surface area contributed by atoms with Crippen LogP contribution in [0.25, 0.3) is 0 Å². The first-order valence-corrected chi connectivity index (χ1v) is 5.74. The summed E-state index contributed by atoms with van der Waals surface area (Å²) in [5, 5.41) is 12.2. The van der Waals surface area contributed by atoms with Crippen LogP contribution in [0, 0.1) is 12.1 Å². The number of nitrogens with zero attached hydrogens (tertiary/aromatic N) is 1. The Morgan fingerprint density at radius 2 is 1.56 bits per heavy atom. The number of hydrogen-bond acceptors (Lipinski definition) is 2. The number of carbonyl (C=O) groups is 1. The topological polar surface area (TPSA) is 43.1 Å². The van der Waals surface area contributed by atoms with Crippen molar-refractivity contribution in [2.45, 2.75) is 6.92 Å². The Balaban J connectivity index is 2.25. The zero-order chi connectivity index (χ0) is 12.7. The molecule has 88 valence electrons. The van der Waals surface area contributed by atoms with Crippen LogP contribution in [0.4, 0.5) is 5.69 Å². The van der Waals surface area contributed by atoms with Crippen molar-refractivity contribution >= 4 is 17.2 Å². The highest BCUT2D eigenvalue weighted by molar-refractivity contribution is 6.52. The van der Waals surface area contributed by atoms with Crippen molar-refractivity contribution < 1.29 is 9.53 Å². The quantitative estimate of drug-likeness (QED) is 0.565. The lowest BCUT2D eigenvalue weighted by molar-refractivity contribution is -0.355. The number of carbonyl (C=O) groups excluding carboxylic acids is 1. The summed E-state index contributed by atoms with van der Waals surface area (Å²) >= 11 is 0. The summed E-state index contributed by atoms with van der Waals surface area (Å²) in [5.74, 6) is -0.199. The summed E-state index contributed by atoms with van der Waals surface area (Å²) in [7, 11) is 0. The Kier molecular flexibility index (Phi) is 2.27. The van der Waals surface area contributed by atoms with E-state index in [2.05, 4.69) is 0 Å². The average molecular weight is 237 g/mol. The zero-order valence-corrected chi connectivity index (χ0v) is 9.88. The number of para-hydroxylation sites is 1. The van der Waals surface area contributed by atoms with E-state index in [-0.39, 0.29) is 11.5 Å². The first-order valence-electron chi connectivity index (χ1n) is 5.74. The number of rotatable bonds is 1. The second-order valence-corrected chi connectivity index (χ2v) is 4.30. The Morgan fingerprint density at radius 1 is 0.944 bits per heavy atom. The third kappa shape index (κ3) is 1.37. The predicted molar refractivity (Wildman–Crippen MR) is 69.3 cm³/mol. The molecule has 0 spiro atoms. The molecular weight excluding hydrogens is 226 g/mol. The number of hydrogen-bond donors (Lipinski definition) is 0. The molecule has 1 aliphatic heterocycles. The fourth-order valence-electron chi connectivity index (χ4n) is 2.25. The molecule has 0 fully saturated rings. The van der Waals surface area contributed by atoms with Crippen LogP contribution in [0.5, 0.6) is 0 Å². The van der Waals surface area contributed by atoms with E-state index in [1.54, 1.807) is 30.3 Å². The summed E-state index contributed by atoms with van der Waals surface area (Å²) in [6.07, 6.45) is 0. The molecule has 0 saturated heterocycles. The van der Waals surface area contributed by atoms with Gasteiger partial charge in [0.05, 0.1) is 5.56 Å². The van der Waals surface area contributed by atoms with Crippen molar-refractivity contribution in [1.82, 2.24) is 0 Å². The molecule has 0 aromatic heterocycles. The maximum Gasteiger partial charge on any atom is 0.273 e. The maximum absolute atomic E-state index is 12.3. The SMILES string of the molecule is Cc1ccccc1C1=[N+]([O-])c2ccccc2C1=O. The molecule has 3 heteroatoms. The lowest BCUT2D eigenvalue weighted by Crippen LogP contribution is -2.17. The summed E-state index contributed by atoms with van der Waals surface area (Å²) < 4.78 is 0.736. The van der Waals surface area contributed by atoms with Crippen LogP contribution >= 0.6 is 0 Å². The molecule has 0 aliphatic carbocycles. The Hall–Kier alpha value is -2.42. The van der Waals surface area contributed by atoms with Crippen molar-refractivity contribution in [3.63, 3.8) is 0 Å². The molecule has 2 aromatic carbocycles. The van der Waals surface area contributed by atoms with E-state index in [4.69, 9.17) is 0 Å². The van der Waals surface area contributed by atoms with Crippen LogP contribution in [0.15, 0.2) is 48.5 Å². The monoisotopic (exact) mass is 237 g/mol. The van der Waals surface area contributed by atoms with E-state index in [0.29, 0.717) is 16.8 Å². The molecule has 0 radical (unpaired) electrons. The molecule has 0 saturated carbocycles. The summed E-state index contributed by atoms with van der Waals surface area (Å²) in [6.45, 7) is 1.90. The average Bonchev–Trinajstić information content (AvgIpc) is 2.64. The van der Waals surface area contributed by atoms with Gasteiger partial charge in [-0.05, 0) is 24.6 Å². The van der Waals surface area contributed by atoms with Crippen molar-refractivity contribution in [1.29, 1.82) is 0 Å². The molecule has 0 unspecified atom stereocenters. The van der Waals surface area contributed by atoms with Gasteiger partial charge in [0.15, 0.2) is 0 Å². The van der Waals surface area contributed by atoms with E-state index in [1.807, 2.05) is 25.1 Å². The minimum Gasteiger partial charge on any atom is -0.618 e. The lowest BCUT2D eigenvalue weighted by atomic mass is 9.99. The maximum atomic E-state index is 12.3. The fourth-order valence-corrected chi connectivity index (χ4v) is 2.25. The van der Waals surface area contributed by atoms with Gasteiger partial charge >= 0.3 is 0 Å². The first-order chi connectivity index (χ1) is 8.70. The third-order valence-electron chi connectivity index (χ3n) is 3.19. The van der Waals surface area contributed by atoms with Crippen LogP contribution in [0.3, 0.4) is 0 Å². The van der Waals surface area contributed by atoms with Gasteiger partial charge in [0.1, 0.15) is 5.56 Å². The molecular formula is C15H11NO2. The summed E-state index contributed by atoms with van der Waals surface area (Å²) in [5.41, 5.74) is 2.75. The zero-order valence-electron chi connectivity index (χ0n) is 9.88. The summed E-state index contributed by atoms with van der Waals surface area (Å²) in [6, 6.07) is 14.3. The van der Waals surface area contributed by atoms with Crippen molar-refractivity contribution in [2.24, 2.45) is 0 Å². The number of benzene rings is 2. The van der Waals surface area contributed by atoms with Gasteiger partial charge in [-0.1, -0.05) is 30.3 Å². The number of ketones is 1. The minimum absolute atomic E-state index is 0.199. The second-order valence-electron chi connectivity index (χ2n) is 4.30.